The summed E-state index contributed by atoms with van der Waals surface area (Å²) in [4.78, 5) is 13.2. The number of nitrogens with one attached hydrogen (secondary N) is 1. The molecule has 1 aliphatic rings. The third kappa shape index (κ3) is 4.62. The first-order valence-electron chi connectivity index (χ1n) is 5.67. The Labute approximate surface area is 92.0 Å². The van der Waals surface area contributed by atoms with E-state index in [2.05, 4.69) is 5.32 Å². The Balaban J connectivity index is 2.14. The molecule has 15 heavy (non-hydrogen) atoms. The van der Waals surface area contributed by atoms with Gasteiger partial charge in [0.2, 0.25) is 5.91 Å². The Morgan fingerprint density at radius 3 is 2.73 bits per heavy atom. The van der Waals surface area contributed by atoms with Crippen LogP contribution in [-0.2, 0) is 9.53 Å². The molecule has 0 saturated carbocycles. The van der Waals surface area contributed by atoms with Crippen molar-refractivity contribution in [1.29, 1.82) is 0 Å². The average Bonchev–Trinajstić information content (AvgIpc) is 2.27. The van der Waals surface area contributed by atoms with Gasteiger partial charge in [-0.25, -0.2) is 0 Å². The van der Waals surface area contributed by atoms with Gasteiger partial charge in [-0.05, 0) is 38.3 Å². The smallest absolute Gasteiger partial charge is 0.248 e. The summed E-state index contributed by atoms with van der Waals surface area (Å²) in [5.74, 6) is 0.857. The fourth-order valence-corrected chi connectivity index (χ4v) is 1.90. The van der Waals surface area contributed by atoms with Crippen LogP contribution in [0.1, 0.15) is 19.3 Å². The van der Waals surface area contributed by atoms with E-state index in [9.17, 15) is 4.79 Å². The van der Waals surface area contributed by atoms with Crippen LogP contribution in [0.15, 0.2) is 0 Å². The van der Waals surface area contributed by atoms with Gasteiger partial charge in [-0.1, -0.05) is 0 Å². The van der Waals surface area contributed by atoms with E-state index in [4.69, 9.17) is 4.74 Å². The van der Waals surface area contributed by atoms with E-state index in [1.165, 1.54) is 12.8 Å². The summed E-state index contributed by atoms with van der Waals surface area (Å²) in [6, 6.07) is 0. The zero-order valence-electron chi connectivity index (χ0n) is 9.79. The predicted molar refractivity (Wildman–Crippen MR) is 59.7 cm³/mol. The first kappa shape index (κ1) is 12.5. The Bertz CT molecular complexity index is 191. The van der Waals surface area contributed by atoms with Crippen molar-refractivity contribution in [3.63, 3.8) is 0 Å². The number of ether oxygens (including phenoxy) is 1. The number of nitrogens with zero attached hydrogens (tertiary/aromatic N) is 1. The van der Waals surface area contributed by atoms with Gasteiger partial charge in [0.25, 0.3) is 0 Å². The fourth-order valence-electron chi connectivity index (χ4n) is 1.90. The molecule has 0 radical (unpaired) electrons. The Morgan fingerprint density at radius 2 is 2.13 bits per heavy atom. The summed E-state index contributed by atoms with van der Waals surface area (Å²) in [5.41, 5.74) is 0. The number of piperidine rings is 1. The number of hydrogen-bond acceptors (Lipinski definition) is 3. The van der Waals surface area contributed by atoms with Crippen LogP contribution in [0.3, 0.4) is 0 Å². The van der Waals surface area contributed by atoms with Gasteiger partial charge in [-0.2, -0.15) is 0 Å². The Kier molecular flexibility index (Phi) is 5.65. The van der Waals surface area contributed by atoms with E-state index in [0.29, 0.717) is 0 Å². The van der Waals surface area contributed by atoms with Crippen LogP contribution in [0.25, 0.3) is 0 Å². The predicted octanol–water partition coefficient (Wildman–Crippen LogP) is 0.481. The average molecular weight is 214 g/mol. The molecule has 0 aliphatic carbocycles. The number of likely N-dealkylation sites (N-methyl/N-ethyl adjacent to an activating group) is 1. The van der Waals surface area contributed by atoms with Gasteiger partial charge >= 0.3 is 0 Å². The Hall–Kier alpha value is -0.610. The second-order valence-corrected chi connectivity index (χ2v) is 4.23. The molecule has 4 heteroatoms. The van der Waals surface area contributed by atoms with Crippen LogP contribution >= 0.6 is 0 Å². The van der Waals surface area contributed by atoms with E-state index in [1.807, 2.05) is 7.05 Å². The highest BCUT2D eigenvalue weighted by Crippen LogP contribution is 2.15. The molecular weight excluding hydrogens is 192 g/mol. The van der Waals surface area contributed by atoms with Crippen LogP contribution in [0.5, 0.6) is 0 Å². The zero-order chi connectivity index (χ0) is 11.1. The lowest BCUT2D eigenvalue weighted by Crippen LogP contribution is -2.34. The SMILES string of the molecule is COCC(=O)N(C)CCC1CCNCC1. The number of hydrogen-bond donors (Lipinski definition) is 1. The molecule has 4 nitrogen and oxygen atoms in total. The lowest BCUT2D eigenvalue weighted by Gasteiger charge is -2.25. The molecular formula is C11H22N2O2. The van der Waals surface area contributed by atoms with Gasteiger partial charge < -0.3 is 15.0 Å². The molecule has 1 N–H and O–H groups in total. The number of rotatable bonds is 5. The van der Waals surface area contributed by atoms with Gasteiger partial charge in [0, 0.05) is 20.7 Å². The second-order valence-electron chi connectivity index (χ2n) is 4.23. The molecule has 0 aromatic heterocycles. The summed E-state index contributed by atoms with van der Waals surface area (Å²) in [6.07, 6.45) is 3.60. The Morgan fingerprint density at radius 1 is 1.47 bits per heavy atom. The number of carbonyl (C=O) groups excluding carboxylic acids is 1. The summed E-state index contributed by atoms with van der Waals surface area (Å²) in [6.45, 7) is 3.30. The topological polar surface area (TPSA) is 41.6 Å². The quantitative estimate of drug-likeness (QED) is 0.724. The molecule has 0 unspecified atom stereocenters. The molecule has 1 saturated heterocycles. The summed E-state index contributed by atoms with van der Waals surface area (Å²) in [5, 5.41) is 3.34. The van der Waals surface area contributed by atoms with Gasteiger partial charge in [0.05, 0.1) is 0 Å². The maximum absolute atomic E-state index is 11.4. The highest BCUT2D eigenvalue weighted by atomic mass is 16.5. The molecule has 1 heterocycles. The highest BCUT2D eigenvalue weighted by molar-refractivity contribution is 5.77. The van der Waals surface area contributed by atoms with E-state index >= 15 is 0 Å². The maximum atomic E-state index is 11.4. The van der Waals surface area contributed by atoms with E-state index in [1.54, 1.807) is 12.0 Å². The first-order chi connectivity index (χ1) is 7.24. The van der Waals surface area contributed by atoms with Crippen LogP contribution in [0, 0.1) is 5.92 Å². The molecule has 1 aliphatic heterocycles. The number of amides is 1. The minimum atomic E-state index is 0.0754. The van der Waals surface area contributed by atoms with Gasteiger partial charge in [0.1, 0.15) is 6.61 Å². The van der Waals surface area contributed by atoms with E-state index in [0.717, 1.165) is 32.0 Å². The van der Waals surface area contributed by atoms with Gasteiger partial charge in [-0.15, -0.1) is 0 Å². The third-order valence-corrected chi connectivity index (χ3v) is 3.03. The largest absolute Gasteiger partial charge is 0.375 e. The molecule has 1 amide bonds. The lowest BCUT2D eigenvalue weighted by molar-refractivity contribution is -0.133. The molecule has 1 fully saturated rings. The summed E-state index contributed by atoms with van der Waals surface area (Å²) >= 11 is 0. The molecule has 0 spiro atoms. The summed E-state index contributed by atoms with van der Waals surface area (Å²) < 4.78 is 4.82. The van der Waals surface area contributed by atoms with Gasteiger partial charge in [0.15, 0.2) is 0 Å². The van der Waals surface area contributed by atoms with Crippen molar-refractivity contribution in [3.05, 3.63) is 0 Å². The molecule has 0 bridgehead atoms. The van der Waals surface area contributed by atoms with Gasteiger partial charge in [-0.3, -0.25) is 4.79 Å². The standard InChI is InChI=1S/C11H22N2O2/c1-13(11(14)9-15-2)8-5-10-3-6-12-7-4-10/h10,12H,3-9H2,1-2H3. The monoisotopic (exact) mass is 214 g/mol. The van der Waals surface area contributed by atoms with Crippen molar-refractivity contribution in [1.82, 2.24) is 10.2 Å². The summed E-state index contributed by atoms with van der Waals surface area (Å²) in [7, 11) is 3.40. The van der Waals surface area contributed by atoms with Crippen molar-refractivity contribution >= 4 is 5.91 Å². The minimum absolute atomic E-state index is 0.0754. The number of methoxy groups -OCH3 is 1. The van der Waals surface area contributed by atoms with Crippen molar-refractivity contribution in [3.8, 4) is 0 Å². The normalized spacial score (nSPS) is 17.7. The van der Waals surface area contributed by atoms with Crippen molar-refractivity contribution < 1.29 is 9.53 Å². The molecule has 0 atom stereocenters. The highest BCUT2D eigenvalue weighted by Gasteiger charge is 2.15. The molecule has 1 rings (SSSR count). The number of carbonyl (C=O) groups is 1. The third-order valence-electron chi connectivity index (χ3n) is 3.03. The van der Waals surface area contributed by atoms with Crippen LogP contribution < -0.4 is 5.32 Å². The zero-order valence-corrected chi connectivity index (χ0v) is 9.79. The molecule has 88 valence electrons. The molecule has 0 aromatic rings. The van der Waals surface area contributed by atoms with Crippen LogP contribution in [-0.4, -0.2) is 51.2 Å². The maximum Gasteiger partial charge on any atom is 0.248 e. The lowest BCUT2D eigenvalue weighted by atomic mass is 9.94. The molecule has 0 aromatic carbocycles. The second kappa shape index (κ2) is 6.80. The van der Waals surface area contributed by atoms with E-state index < -0.39 is 0 Å². The first-order valence-corrected chi connectivity index (χ1v) is 5.67. The minimum Gasteiger partial charge on any atom is -0.375 e. The van der Waals surface area contributed by atoms with Crippen LogP contribution in [0.2, 0.25) is 0 Å². The van der Waals surface area contributed by atoms with Crippen molar-refractivity contribution in [2.45, 2.75) is 19.3 Å². The fraction of sp³-hybridized carbons (Fsp3) is 0.909. The van der Waals surface area contributed by atoms with E-state index in [-0.39, 0.29) is 12.5 Å². The van der Waals surface area contributed by atoms with Crippen LogP contribution in [0.4, 0.5) is 0 Å². The van der Waals surface area contributed by atoms with Crippen molar-refractivity contribution in [2.24, 2.45) is 5.92 Å². The van der Waals surface area contributed by atoms with Crippen molar-refractivity contribution in [2.75, 3.05) is 40.4 Å².